The predicted molar refractivity (Wildman–Crippen MR) is 87.4 cm³/mol. The van der Waals surface area contributed by atoms with Crippen LogP contribution in [0.3, 0.4) is 0 Å². The maximum Gasteiger partial charge on any atom is 0.0248 e. The minimum Gasteiger partial charge on any atom is -0.0655 e. The first kappa shape index (κ1) is 14.9. The van der Waals surface area contributed by atoms with Crippen molar-refractivity contribution in [3.05, 3.63) is 47.0 Å². The van der Waals surface area contributed by atoms with Crippen LogP contribution in [-0.2, 0) is 0 Å². The largest absolute Gasteiger partial charge is 0.0655 e. The van der Waals surface area contributed by atoms with E-state index in [0.29, 0.717) is 0 Å². The van der Waals surface area contributed by atoms with Gasteiger partial charge >= 0.3 is 0 Å². The lowest BCUT2D eigenvalue weighted by molar-refractivity contribution is 0.112. The number of hydrogen-bond acceptors (Lipinski definition) is 0. The number of hydrogen-bond donors (Lipinski definition) is 0. The third kappa shape index (κ3) is 2.20. The lowest BCUT2D eigenvalue weighted by Crippen LogP contribution is -2.49. The summed E-state index contributed by atoms with van der Waals surface area (Å²) < 4.78 is 0. The highest BCUT2D eigenvalue weighted by molar-refractivity contribution is 5.56. The zero-order chi connectivity index (χ0) is 15.2. The quantitative estimate of drug-likeness (QED) is 0.548. The van der Waals surface area contributed by atoms with Gasteiger partial charge in [-0.2, -0.15) is 0 Å². The minimum absolute atomic E-state index is 0.150. The van der Waals surface area contributed by atoms with Gasteiger partial charge in [-0.15, -0.1) is 0 Å². The zero-order valence-electron chi connectivity index (χ0n) is 13.9. The molecule has 1 aromatic rings. The average molecular weight is 266 g/mol. The molecule has 0 fully saturated rings. The molecule has 0 heteroatoms. The summed E-state index contributed by atoms with van der Waals surface area (Å²) in [6.07, 6.45) is 0. The first-order valence-electron chi connectivity index (χ1n) is 7.41. The van der Waals surface area contributed by atoms with E-state index in [1.807, 2.05) is 18.2 Å². The molecule has 1 aliphatic rings. The van der Waals surface area contributed by atoms with E-state index in [2.05, 4.69) is 72.4 Å². The predicted octanol–water partition coefficient (Wildman–Crippen LogP) is 5.45. The van der Waals surface area contributed by atoms with Crippen LogP contribution in [0.1, 0.15) is 54.0 Å². The molecule has 0 bridgehead atoms. The van der Waals surface area contributed by atoms with Crippen molar-refractivity contribution in [3.8, 4) is 11.8 Å². The van der Waals surface area contributed by atoms with E-state index in [1.54, 1.807) is 0 Å². The fourth-order valence-electron chi connectivity index (χ4n) is 3.37. The van der Waals surface area contributed by atoms with Gasteiger partial charge in [-0.05, 0) is 28.5 Å². The Balaban J connectivity index is 2.51. The monoisotopic (exact) mass is 266 g/mol. The van der Waals surface area contributed by atoms with Gasteiger partial charge < -0.3 is 0 Å². The normalized spacial score (nSPS) is 19.9. The summed E-state index contributed by atoms with van der Waals surface area (Å²) in [4.78, 5) is 0. The molecule has 0 nitrogen and oxygen atoms in total. The molecule has 1 aliphatic carbocycles. The Hall–Kier alpha value is -1.48. The molecular weight excluding hydrogens is 240 g/mol. The molecule has 20 heavy (non-hydrogen) atoms. The Kier molecular flexibility index (Phi) is 3.37. The number of rotatable bonds is 0. The van der Waals surface area contributed by atoms with Crippen molar-refractivity contribution >= 4 is 0 Å². The molecule has 0 atom stereocenters. The van der Waals surface area contributed by atoms with Crippen LogP contribution in [0.15, 0.2) is 41.5 Å². The molecule has 106 valence electrons. The molecule has 0 heterocycles. The van der Waals surface area contributed by atoms with E-state index in [-0.39, 0.29) is 16.2 Å². The first-order chi connectivity index (χ1) is 9.08. The highest BCUT2D eigenvalue weighted by Gasteiger charge is 2.55. The molecule has 0 amide bonds. The molecule has 1 aromatic carbocycles. The Bertz CT molecular complexity index is 593. The number of benzene rings is 1. The van der Waals surface area contributed by atoms with Gasteiger partial charge in [0.15, 0.2) is 0 Å². The molecule has 0 saturated heterocycles. The SMILES string of the molecule is CC(C)(C)C1=C(C#Cc2ccccc2)C(C)(C)C1(C)C. The van der Waals surface area contributed by atoms with Crippen LogP contribution < -0.4 is 0 Å². The molecule has 0 unspecified atom stereocenters. The third-order valence-electron chi connectivity index (χ3n) is 4.92. The second-order valence-electron chi connectivity index (χ2n) is 7.87. The van der Waals surface area contributed by atoms with Crippen LogP contribution in [0, 0.1) is 28.1 Å². The summed E-state index contributed by atoms with van der Waals surface area (Å²) in [5.74, 6) is 6.80. The van der Waals surface area contributed by atoms with Gasteiger partial charge in [0, 0.05) is 16.6 Å². The van der Waals surface area contributed by atoms with Gasteiger partial charge in [-0.25, -0.2) is 0 Å². The Morgan fingerprint density at radius 1 is 0.800 bits per heavy atom. The van der Waals surface area contributed by atoms with Crippen molar-refractivity contribution in [2.24, 2.45) is 16.2 Å². The summed E-state index contributed by atoms with van der Waals surface area (Å²) in [5.41, 5.74) is 4.48. The smallest absolute Gasteiger partial charge is 0.0248 e. The van der Waals surface area contributed by atoms with Gasteiger partial charge in [-0.1, -0.05) is 78.5 Å². The van der Waals surface area contributed by atoms with Crippen molar-refractivity contribution in [1.82, 2.24) is 0 Å². The topological polar surface area (TPSA) is 0 Å². The van der Waals surface area contributed by atoms with Gasteiger partial charge in [-0.3, -0.25) is 0 Å². The van der Waals surface area contributed by atoms with Crippen molar-refractivity contribution < 1.29 is 0 Å². The molecule has 0 saturated carbocycles. The molecule has 0 radical (unpaired) electrons. The number of allylic oxidation sites excluding steroid dienone is 2. The van der Waals surface area contributed by atoms with Crippen LogP contribution >= 0.6 is 0 Å². The third-order valence-corrected chi connectivity index (χ3v) is 4.92. The van der Waals surface area contributed by atoms with E-state index in [9.17, 15) is 0 Å². The van der Waals surface area contributed by atoms with Gasteiger partial charge in [0.25, 0.3) is 0 Å². The van der Waals surface area contributed by atoms with Crippen molar-refractivity contribution in [2.45, 2.75) is 48.5 Å². The summed E-state index contributed by atoms with van der Waals surface area (Å²) in [5, 5.41) is 0. The van der Waals surface area contributed by atoms with Crippen LogP contribution in [-0.4, -0.2) is 0 Å². The van der Waals surface area contributed by atoms with Crippen molar-refractivity contribution in [2.75, 3.05) is 0 Å². The zero-order valence-corrected chi connectivity index (χ0v) is 13.9. The molecule has 0 aromatic heterocycles. The fourth-order valence-corrected chi connectivity index (χ4v) is 3.37. The van der Waals surface area contributed by atoms with E-state index < -0.39 is 0 Å². The summed E-state index contributed by atoms with van der Waals surface area (Å²) in [6, 6.07) is 10.3. The van der Waals surface area contributed by atoms with Gasteiger partial charge in [0.2, 0.25) is 0 Å². The lowest BCUT2D eigenvalue weighted by atomic mass is 9.45. The molecule has 0 N–H and O–H groups in total. The summed E-state index contributed by atoms with van der Waals surface area (Å²) in [6.45, 7) is 16.2. The van der Waals surface area contributed by atoms with Crippen LogP contribution in [0.25, 0.3) is 0 Å². The van der Waals surface area contributed by atoms with Crippen LogP contribution in [0.2, 0.25) is 0 Å². The fraction of sp³-hybridized carbons (Fsp3) is 0.500. The summed E-state index contributed by atoms with van der Waals surface area (Å²) >= 11 is 0. The van der Waals surface area contributed by atoms with Crippen molar-refractivity contribution in [3.63, 3.8) is 0 Å². The maximum atomic E-state index is 3.47. The summed E-state index contributed by atoms with van der Waals surface area (Å²) in [7, 11) is 0. The van der Waals surface area contributed by atoms with E-state index in [0.717, 1.165) is 5.56 Å². The Morgan fingerprint density at radius 2 is 1.35 bits per heavy atom. The molecular formula is C20H26. The highest BCUT2D eigenvalue weighted by Crippen LogP contribution is 2.64. The Labute approximate surface area is 124 Å². The average Bonchev–Trinajstić information content (AvgIpc) is 2.33. The van der Waals surface area contributed by atoms with E-state index in [1.165, 1.54) is 11.1 Å². The second-order valence-corrected chi connectivity index (χ2v) is 7.87. The maximum absolute atomic E-state index is 3.47. The lowest BCUT2D eigenvalue weighted by Gasteiger charge is -2.58. The molecule has 0 aliphatic heterocycles. The first-order valence-corrected chi connectivity index (χ1v) is 7.41. The van der Waals surface area contributed by atoms with Crippen LogP contribution in [0.4, 0.5) is 0 Å². The van der Waals surface area contributed by atoms with Crippen LogP contribution in [0.5, 0.6) is 0 Å². The van der Waals surface area contributed by atoms with E-state index in [4.69, 9.17) is 0 Å². The van der Waals surface area contributed by atoms with Gasteiger partial charge in [0.05, 0.1) is 0 Å². The highest BCUT2D eigenvalue weighted by atomic mass is 14.6. The van der Waals surface area contributed by atoms with Gasteiger partial charge in [0.1, 0.15) is 0 Å². The standard InChI is InChI=1S/C20H26/c1-18(2,3)17-16(19(4,5)20(17,6)7)14-13-15-11-9-8-10-12-15/h8-12H,1-7H3. The molecule has 2 rings (SSSR count). The minimum atomic E-state index is 0.150. The Morgan fingerprint density at radius 3 is 1.85 bits per heavy atom. The second kappa shape index (κ2) is 4.52. The van der Waals surface area contributed by atoms with E-state index >= 15 is 0 Å². The van der Waals surface area contributed by atoms with Crippen molar-refractivity contribution in [1.29, 1.82) is 0 Å². The molecule has 0 spiro atoms.